The number of oxime groups is 1. The molecule has 5 heteroatoms. The van der Waals surface area contributed by atoms with Crippen LogP contribution in [0.5, 0.6) is 0 Å². The Morgan fingerprint density at radius 2 is 2.28 bits per heavy atom. The lowest BCUT2D eigenvalue weighted by molar-refractivity contribution is 0.129. The molecule has 0 aromatic heterocycles. The lowest BCUT2D eigenvalue weighted by atomic mass is 9.86. The predicted molar refractivity (Wildman–Crippen MR) is 77.3 cm³/mol. The van der Waals surface area contributed by atoms with Crippen LogP contribution >= 0.6 is 11.8 Å². The van der Waals surface area contributed by atoms with Gasteiger partial charge in [-0.1, -0.05) is 25.4 Å². The summed E-state index contributed by atoms with van der Waals surface area (Å²) in [5, 5.41) is 11.8. The number of amidine groups is 1. The van der Waals surface area contributed by atoms with Crippen molar-refractivity contribution in [2.45, 2.75) is 52.1 Å². The Kier molecular flexibility index (Phi) is 6.86. The highest BCUT2D eigenvalue weighted by Crippen LogP contribution is 2.24. The molecule has 0 radical (unpaired) electrons. The Labute approximate surface area is 114 Å². The van der Waals surface area contributed by atoms with Gasteiger partial charge in [-0.05, 0) is 31.4 Å². The van der Waals surface area contributed by atoms with E-state index in [9.17, 15) is 0 Å². The van der Waals surface area contributed by atoms with Gasteiger partial charge in [-0.25, -0.2) is 0 Å². The average molecular weight is 274 g/mol. The van der Waals surface area contributed by atoms with E-state index in [1.54, 1.807) is 0 Å². The fraction of sp³-hybridized carbons (Fsp3) is 0.923. The van der Waals surface area contributed by atoms with Gasteiger partial charge in [-0.15, -0.1) is 0 Å². The summed E-state index contributed by atoms with van der Waals surface area (Å²) >= 11 is 1.98. The minimum atomic E-state index is -0.200. The zero-order valence-electron chi connectivity index (χ0n) is 11.5. The smallest absolute Gasteiger partial charge is 0.144 e. The largest absolute Gasteiger partial charge is 0.409 e. The van der Waals surface area contributed by atoms with Crippen LogP contribution in [0.3, 0.4) is 0 Å². The summed E-state index contributed by atoms with van der Waals surface area (Å²) < 4.78 is 5.58. The summed E-state index contributed by atoms with van der Waals surface area (Å²) in [6.07, 6.45) is 6.19. The highest BCUT2D eigenvalue weighted by Gasteiger charge is 2.22. The number of nitrogens with zero attached hydrogens (tertiary/aromatic N) is 1. The molecule has 1 aliphatic rings. The van der Waals surface area contributed by atoms with E-state index in [1.807, 2.05) is 25.6 Å². The molecule has 1 fully saturated rings. The Morgan fingerprint density at radius 3 is 2.89 bits per heavy atom. The normalized spacial score (nSPS) is 21.4. The van der Waals surface area contributed by atoms with Crippen molar-refractivity contribution in [1.29, 1.82) is 0 Å². The van der Waals surface area contributed by atoms with Crippen LogP contribution in [-0.2, 0) is 4.74 Å². The number of rotatable bonds is 8. The monoisotopic (exact) mass is 274 g/mol. The minimum absolute atomic E-state index is 0.200. The standard InChI is InChI=1S/C13H26N2O2S/c1-13(2,12(14)15-16)7-3-4-9-18-10-11-6-5-8-17-11/h11,16H,3-10H2,1-2H3,(H2,14,15). The first-order chi connectivity index (χ1) is 8.56. The van der Waals surface area contributed by atoms with Crippen LogP contribution in [0.4, 0.5) is 0 Å². The zero-order valence-corrected chi connectivity index (χ0v) is 12.3. The fourth-order valence-electron chi connectivity index (χ4n) is 2.03. The van der Waals surface area contributed by atoms with Crippen LogP contribution in [0.2, 0.25) is 0 Å². The second-order valence-corrected chi connectivity index (χ2v) is 6.69. The molecule has 3 N–H and O–H groups in total. The zero-order chi connectivity index (χ0) is 13.4. The highest BCUT2D eigenvalue weighted by atomic mass is 32.2. The third kappa shape index (κ3) is 5.48. The van der Waals surface area contributed by atoms with E-state index < -0.39 is 0 Å². The molecule has 0 saturated carbocycles. The van der Waals surface area contributed by atoms with E-state index in [-0.39, 0.29) is 5.41 Å². The maximum Gasteiger partial charge on any atom is 0.144 e. The van der Waals surface area contributed by atoms with Gasteiger partial charge < -0.3 is 15.7 Å². The van der Waals surface area contributed by atoms with E-state index in [2.05, 4.69) is 5.16 Å². The van der Waals surface area contributed by atoms with Gasteiger partial charge >= 0.3 is 0 Å². The van der Waals surface area contributed by atoms with Crippen LogP contribution in [0, 0.1) is 5.41 Å². The van der Waals surface area contributed by atoms with Gasteiger partial charge in [0.25, 0.3) is 0 Å². The second-order valence-electron chi connectivity index (χ2n) is 5.54. The van der Waals surface area contributed by atoms with Crippen molar-refractivity contribution in [1.82, 2.24) is 0 Å². The number of nitrogens with two attached hydrogens (primary N) is 1. The number of unbranched alkanes of at least 4 members (excludes halogenated alkanes) is 1. The molecule has 1 rings (SSSR count). The van der Waals surface area contributed by atoms with Crippen molar-refractivity contribution < 1.29 is 9.94 Å². The maximum absolute atomic E-state index is 8.68. The average Bonchev–Trinajstić information content (AvgIpc) is 2.85. The summed E-state index contributed by atoms with van der Waals surface area (Å²) in [6.45, 7) is 4.97. The van der Waals surface area contributed by atoms with Crippen molar-refractivity contribution in [3.8, 4) is 0 Å². The summed E-state index contributed by atoms with van der Waals surface area (Å²) in [5.74, 6) is 2.63. The van der Waals surface area contributed by atoms with Crippen LogP contribution in [-0.4, -0.2) is 35.3 Å². The summed E-state index contributed by atoms with van der Waals surface area (Å²) in [4.78, 5) is 0. The summed E-state index contributed by atoms with van der Waals surface area (Å²) in [6, 6.07) is 0. The van der Waals surface area contributed by atoms with Crippen molar-refractivity contribution in [3.63, 3.8) is 0 Å². The summed E-state index contributed by atoms with van der Waals surface area (Å²) in [5.41, 5.74) is 5.45. The molecule has 0 aliphatic carbocycles. The Hall–Kier alpha value is -0.420. The highest BCUT2D eigenvalue weighted by molar-refractivity contribution is 7.99. The van der Waals surface area contributed by atoms with E-state index >= 15 is 0 Å². The molecule has 18 heavy (non-hydrogen) atoms. The van der Waals surface area contributed by atoms with Gasteiger partial charge in [0.15, 0.2) is 0 Å². The molecule has 0 bridgehead atoms. The van der Waals surface area contributed by atoms with E-state index in [0.717, 1.165) is 25.2 Å². The molecule has 1 aliphatic heterocycles. The maximum atomic E-state index is 8.68. The van der Waals surface area contributed by atoms with Crippen LogP contribution in [0.15, 0.2) is 5.16 Å². The fourth-order valence-corrected chi connectivity index (χ4v) is 3.13. The van der Waals surface area contributed by atoms with Gasteiger partial charge in [0.2, 0.25) is 0 Å². The predicted octanol–water partition coefficient (Wildman–Crippen LogP) is 2.84. The molecule has 1 unspecified atom stereocenters. The molecule has 4 nitrogen and oxygen atoms in total. The number of thioether (sulfide) groups is 1. The Bertz CT molecular complexity index is 264. The second kappa shape index (κ2) is 7.89. The molecule has 0 amide bonds. The lowest BCUT2D eigenvalue weighted by Gasteiger charge is -2.22. The quantitative estimate of drug-likeness (QED) is 0.235. The SMILES string of the molecule is CC(C)(CCCCSCC1CCCO1)C(N)=NO. The van der Waals surface area contributed by atoms with Crippen molar-refractivity contribution in [2.75, 3.05) is 18.1 Å². The van der Waals surface area contributed by atoms with Gasteiger partial charge in [0.05, 0.1) is 6.10 Å². The van der Waals surface area contributed by atoms with Crippen molar-refractivity contribution in [3.05, 3.63) is 0 Å². The molecular weight excluding hydrogens is 248 g/mol. The molecule has 0 aromatic carbocycles. The molecule has 0 aromatic rings. The molecule has 106 valence electrons. The third-order valence-corrected chi connectivity index (χ3v) is 4.65. The minimum Gasteiger partial charge on any atom is -0.409 e. The Balaban J connectivity index is 2.01. The number of ether oxygens (including phenoxy) is 1. The lowest BCUT2D eigenvalue weighted by Crippen LogP contribution is -2.31. The third-order valence-electron chi connectivity index (χ3n) is 3.47. The molecule has 1 heterocycles. The molecule has 0 spiro atoms. The molecular formula is C13H26N2O2S. The van der Waals surface area contributed by atoms with Crippen LogP contribution in [0.1, 0.15) is 46.0 Å². The van der Waals surface area contributed by atoms with E-state index in [4.69, 9.17) is 15.7 Å². The van der Waals surface area contributed by atoms with Crippen LogP contribution < -0.4 is 5.73 Å². The summed E-state index contributed by atoms with van der Waals surface area (Å²) in [7, 11) is 0. The van der Waals surface area contributed by atoms with E-state index in [1.165, 1.54) is 25.0 Å². The van der Waals surface area contributed by atoms with Gasteiger partial charge in [-0.2, -0.15) is 11.8 Å². The van der Waals surface area contributed by atoms with Gasteiger partial charge in [-0.3, -0.25) is 0 Å². The first-order valence-electron chi connectivity index (χ1n) is 6.73. The first-order valence-corrected chi connectivity index (χ1v) is 7.89. The van der Waals surface area contributed by atoms with Gasteiger partial charge in [0.1, 0.15) is 5.84 Å². The Morgan fingerprint density at radius 1 is 1.50 bits per heavy atom. The molecule has 1 atom stereocenters. The van der Waals surface area contributed by atoms with Gasteiger partial charge in [0, 0.05) is 17.8 Å². The van der Waals surface area contributed by atoms with Crippen LogP contribution in [0.25, 0.3) is 0 Å². The topological polar surface area (TPSA) is 67.8 Å². The van der Waals surface area contributed by atoms with Crippen molar-refractivity contribution in [2.24, 2.45) is 16.3 Å². The first kappa shape index (κ1) is 15.6. The van der Waals surface area contributed by atoms with E-state index in [0.29, 0.717) is 11.9 Å². The molecule has 1 saturated heterocycles. The van der Waals surface area contributed by atoms with Crippen molar-refractivity contribution >= 4 is 17.6 Å². The number of hydrogen-bond acceptors (Lipinski definition) is 4. The number of hydrogen-bond donors (Lipinski definition) is 2.